The van der Waals surface area contributed by atoms with E-state index in [0.29, 0.717) is 5.92 Å². The van der Waals surface area contributed by atoms with Gasteiger partial charge >= 0.3 is 7.12 Å². The number of aromatic nitrogens is 1. The molecule has 2 heterocycles. The Balaban J connectivity index is 1.68. The zero-order valence-corrected chi connectivity index (χ0v) is 15.2. The summed E-state index contributed by atoms with van der Waals surface area (Å²) in [6.45, 7) is 11.4. The quantitative estimate of drug-likeness (QED) is 0.788. The van der Waals surface area contributed by atoms with Crippen LogP contribution < -0.4 is 5.46 Å². The first-order valence-electron chi connectivity index (χ1n) is 9.01. The summed E-state index contributed by atoms with van der Waals surface area (Å²) in [6.07, 6.45) is 3.11. The third-order valence-electron chi connectivity index (χ3n) is 6.86. The third kappa shape index (κ3) is 2.16. The van der Waals surface area contributed by atoms with Crippen LogP contribution in [-0.4, -0.2) is 23.8 Å². The van der Waals surface area contributed by atoms with Crippen molar-refractivity contribution >= 4 is 23.5 Å². The molecule has 0 spiro atoms. The molecule has 1 aromatic carbocycles. The molecule has 0 radical (unpaired) electrons. The molecule has 2 aliphatic rings. The number of benzene rings is 1. The normalized spacial score (nSPS) is 35.2. The molecule has 3 nitrogen and oxygen atoms in total. The lowest BCUT2D eigenvalue weighted by atomic mass is 9.50. The standard InChI is InChI=1S/C20H26BNO2/c1-13-12-17(19(13,3)4)20(5)14(2)23-21(24-20)16-10-6-8-15-9-7-11-22-18(15)16/h6-11,13-14,17H,12H2,1-5H3. The van der Waals surface area contributed by atoms with Crippen LogP contribution in [0.4, 0.5) is 0 Å². The summed E-state index contributed by atoms with van der Waals surface area (Å²) in [7, 11) is -0.338. The Morgan fingerprint density at radius 1 is 1.12 bits per heavy atom. The minimum Gasteiger partial charge on any atom is -0.402 e. The van der Waals surface area contributed by atoms with E-state index in [0.717, 1.165) is 22.3 Å². The Labute approximate surface area is 144 Å². The predicted molar refractivity (Wildman–Crippen MR) is 98.2 cm³/mol. The number of fused-ring (bicyclic) bond motifs is 1. The van der Waals surface area contributed by atoms with E-state index in [-0.39, 0.29) is 24.2 Å². The highest BCUT2D eigenvalue weighted by Crippen LogP contribution is 2.58. The molecule has 1 saturated carbocycles. The topological polar surface area (TPSA) is 31.4 Å². The first kappa shape index (κ1) is 16.1. The van der Waals surface area contributed by atoms with Gasteiger partial charge in [0.15, 0.2) is 0 Å². The Kier molecular flexibility index (Phi) is 3.56. The summed E-state index contributed by atoms with van der Waals surface area (Å²) in [6, 6.07) is 10.3. The van der Waals surface area contributed by atoms with E-state index in [4.69, 9.17) is 9.31 Å². The van der Waals surface area contributed by atoms with E-state index in [1.165, 1.54) is 6.42 Å². The molecule has 2 fully saturated rings. The van der Waals surface area contributed by atoms with Crippen molar-refractivity contribution in [3.63, 3.8) is 0 Å². The molecule has 24 heavy (non-hydrogen) atoms. The van der Waals surface area contributed by atoms with Crippen LogP contribution in [0.25, 0.3) is 10.9 Å². The summed E-state index contributed by atoms with van der Waals surface area (Å²) in [5.74, 6) is 1.25. The molecule has 0 amide bonds. The Hall–Kier alpha value is -1.39. The minimum absolute atomic E-state index is 0.0678. The van der Waals surface area contributed by atoms with E-state index in [1.54, 1.807) is 0 Å². The van der Waals surface area contributed by atoms with Crippen LogP contribution in [0.15, 0.2) is 36.5 Å². The van der Waals surface area contributed by atoms with Crippen molar-refractivity contribution in [1.82, 2.24) is 4.98 Å². The summed E-state index contributed by atoms with van der Waals surface area (Å²) in [5.41, 5.74) is 2.05. The summed E-state index contributed by atoms with van der Waals surface area (Å²) >= 11 is 0. The van der Waals surface area contributed by atoms with Gasteiger partial charge in [-0.25, -0.2) is 0 Å². The Bertz CT molecular complexity index is 772. The number of hydrogen-bond donors (Lipinski definition) is 0. The molecular weight excluding hydrogens is 297 g/mol. The van der Waals surface area contributed by atoms with Crippen molar-refractivity contribution in [2.24, 2.45) is 17.3 Å². The van der Waals surface area contributed by atoms with Crippen LogP contribution in [0.3, 0.4) is 0 Å². The lowest BCUT2D eigenvalue weighted by molar-refractivity contribution is -0.137. The molecule has 1 aromatic heterocycles. The Morgan fingerprint density at radius 3 is 2.58 bits per heavy atom. The van der Waals surface area contributed by atoms with Crippen molar-refractivity contribution < 1.29 is 9.31 Å². The summed E-state index contributed by atoms with van der Waals surface area (Å²) in [4.78, 5) is 4.56. The van der Waals surface area contributed by atoms with Gasteiger partial charge in [-0.3, -0.25) is 4.98 Å². The molecule has 4 heteroatoms. The van der Waals surface area contributed by atoms with E-state index in [2.05, 4.69) is 63.9 Å². The average molecular weight is 323 g/mol. The SMILES string of the molecule is CC1CC(C2(C)OB(c3cccc4cccnc34)OC2C)C1(C)C. The van der Waals surface area contributed by atoms with Gasteiger partial charge in [-0.05, 0) is 49.0 Å². The molecular formula is C20H26BNO2. The second-order valence-electron chi connectivity index (χ2n) is 8.34. The molecule has 1 aliphatic carbocycles. The molecule has 4 rings (SSSR count). The van der Waals surface area contributed by atoms with Gasteiger partial charge in [0.25, 0.3) is 0 Å². The van der Waals surface area contributed by atoms with Gasteiger partial charge < -0.3 is 9.31 Å². The molecule has 4 unspecified atom stereocenters. The van der Waals surface area contributed by atoms with Crippen LogP contribution in [0.1, 0.15) is 41.0 Å². The van der Waals surface area contributed by atoms with Crippen molar-refractivity contribution in [3.05, 3.63) is 36.5 Å². The second kappa shape index (κ2) is 5.30. The van der Waals surface area contributed by atoms with Gasteiger partial charge in [-0.2, -0.15) is 0 Å². The number of nitrogens with zero attached hydrogens (tertiary/aromatic N) is 1. The fraction of sp³-hybridized carbons (Fsp3) is 0.550. The maximum absolute atomic E-state index is 6.58. The lowest BCUT2D eigenvalue weighted by Crippen LogP contribution is -2.58. The number of rotatable bonds is 2. The fourth-order valence-electron chi connectivity index (χ4n) is 4.61. The van der Waals surface area contributed by atoms with E-state index < -0.39 is 0 Å². The first-order chi connectivity index (χ1) is 11.3. The average Bonchev–Trinajstić information content (AvgIpc) is 2.87. The highest BCUT2D eigenvalue weighted by molar-refractivity contribution is 6.64. The van der Waals surface area contributed by atoms with Gasteiger partial charge in [-0.15, -0.1) is 0 Å². The zero-order valence-electron chi connectivity index (χ0n) is 15.2. The van der Waals surface area contributed by atoms with Gasteiger partial charge in [0.05, 0.1) is 17.2 Å². The molecule has 0 N–H and O–H groups in total. The molecule has 4 atom stereocenters. The molecule has 2 aromatic rings. The highest BCUT2D eigenvalue weighted by Gasteiger charge is 2.61. The van der Waals surface area contributed by atoms with Gasteiger partial charge in [0, 0.05) is 11.7 Å². The highest BCUT2D eigenvalue weighted by atomic mass is 16.7. The van der Waals surface area contributed by atoms with Crippen LogP contribution in [0.5, 0.6) is 0 Å². The number of para-hydroxylation sites is 1. The molecule has 126 valence electrons. The van der Waals surface area contributed by atoms with Gasteiger partial charge in [-0.1, -0.05) is 45.0 Å². The van der Waals surface area contributed by atoms with Gasteiger partial charge in [0.1, 0.15) is 0 Å². The van der Waals surface area contributed by atoms with Crippen LogP contribution in [-0.2, 0) is 9.31 Å². The van der Waals surface area contributed by atoms with Crippen molar-refractivity contribution in [1.29, 1.82) is 0 Å². The fourth-order valence-corrected chi connectivity index (χ4v) is 4.61. The van der Waals surface area contributed by atoms with E-state index >= 15 is 0 Å². The largest absolute Gasteiger partial charge is 0.496 e. The van der Waals surface area contributed by atoms with Crippen LogP contribution in [0, 0.1) is 17.3 Å². The van der Waals surface area contributed by atoms with E-state index in [9.17, 15) is 0 Å². The summed E-state index contributed by atoms with van der Waals surface area (Å²) < 4.78 is 12.9. The lowest BCUT2D eigenvalue weighted by Gasteiger charge is -2.58. The van der Waals surface area contributed by atoms with Crippen molar-refractivity contribution in [2.75, 3.05) is 0 Å². The van der Waals surface area contributed by atoms with Crippen molar-refractivity contribution in [3.8, 4) is 0 Å². The second-order valence-corrected chi connectivity index (χ2v) is 8.34. The van der Waals surface area contributed by atoms with E-state index in [1.807, 2.05) is 12.3 Å². The van der Waals surface area contributed by atoms with Gasteiger partial charge in [0.2, 0.25) is 0 Å². The smallest absolute Gasteiger partial charge is 0.402 e. The predicted octanol–water partition coefficient (Wildman–Crippen LogP) is 3.81. The molecule has 1 aliphatic heterocycles. The maximum Gasteiger partial charge on any atom is 0.496 e. The monoisotopic (exact) mass is 323 g/mol. The summed E-state index contributed by atoms with van der Waals surface area (Å²) in [5, 5.41) is 1.13. The van der Waals surface area contributed by atoms with Crippen molar-refractivity contribution in [2.45, 2.75) is 52.7 Å². The minimum atomic E-state index is -0.338. The van der Waals surface area contributed by atoms with Crippen LogP contribution >= 0.6 is 0 Å². The first-order valence-corrected chi connectivity index (χ1v) is 9.01. The number of pyridine rings is 1. The van der Waals surface area contributed by atoms with Crippen LogP contribution in [0.2, 0.25) is 0 Å². The molecule has 1 saturated heterocycles. The molecule has 0 bridgehead atoms. The number of hydrogen-bond acceptors (Lipinski definition) is 3. The maximum atomic E-state index is 6.58. The zero-order chi connectivity index (χ0) is 17.1. The Morgan fingerprint density at radius 2 is 1.88 bits per heavy atom. The third-order valence-corrected chi connectivity index (χ3v) is 6.86.